The molecular weight excluding hydrogens is 410 g/mol. The van der Waals surface area contributed by atoms with E-state index in [-0.39, 0.29) is 23.5 Å². The Balaban J connectivity index is 1.37. The number of aromatic amines is 1. The van der Waals surface area contributed by atoms with Gasteiger partial charge in [-0.25, -0.2) is 4.79 Å². The van der Waals surface area contributed by atoms with Crippen molar-refractivity contribution in [2.45, 2.75) is 19.8 Å². The molecule has 32 heavy (non-hydrogen) atoms. The van der Waals surface area contributed by atoms with Gasteiger partial charge in [0.2, 0.25) is 0 Å². The van der Waals surface area contributed by atoms with Crippen molar-refractivity contribution in [1.82, 2.24) is 15.2 Å². The average molecular weight is 435 g/mol. The van der Waals surface area contributed by atoms with Crippen LogP contribution in [0.3, 0.4) is 0 Å². The summed E-state index contributed by atoms with van der Waals surface area (Å²) >= 11 is 0. The molecule has 1 aromatic heterocycles. The highest BCUT2D eigenvalue weighted by Crippen LogP contribution is 2.26. The van der Waals surface area contributed by atoms with Crippen molar-refractivity contribution in [3.8, 4) is 0 Å². The molecule has 1 fully saturated rings. The van der Waals surface area contributed by atoms with Crippen LogP contribution in [-0.4, -0.2) is 46.4 Å². The molecule has 0 spiro atoms. The molecule has 9 nitrogen and oxygen atoms in total. The smallest absolute Gasteiger partial charge is 0.319 e. The first kappa shape index (κ1) is 21.4. The van der Waals surface area contributed by atoms with Crippen LogP contribution in [0, 0.1) is 23.0 Å². The van der Waals surface area contributed by atoms with Crippen LogP contribution in [0.25, 0.3) is 10.9 Å². The van der Waals surface area contributed by atoms with Gasteiger partial charge in [-0.05, 0) is 43.9 Å². The summed E-state index contributed by atoms with van der Waals surface area (Å²) in [5.74, 6) is -0.0263. The van der Waals surface area contributed by atoms with Crippen LogP contribution in [0.4, 0.5) is 16.2 Å². The van der Waals surface area contributed by atoms with Gasteiger partial charge in [0, 0.05) is 54.6 Å². The zero-order valence-electron chi connectivity index (χ0n) is 17.8. The zero-order valence-corrected chi connectivity index (χ0v) is 17.8. The second-order valence-electron chi connectivity index (χ2n) is 8.15. The number of amides is 3. The summed E-state index contributed by atoms with van der Waals surface area (Å²) < 4.78 is 0. The van der Waals surface area contributed by atoms with E-state index in [9.17, 15) is 19.7 Å². The number of nitrogens with zero attached hydrogens (tertiary/aromatic N) is 2. The van der Waals surface area contributed by atoms with E-state index < -0.39 is 4.92 Å². The van der Waals surface area contributed by atoms with Gasteiger partial charge in [0.05, 0.1) is 10.5 Å². The number of fused-ring (bicyclic) bond motifs is 1. The highest BCUT2D eigenvalue weighted by atomic mass is 16.6. The number of piperidine rings is 1. The Kier molecular flexibility index (Phi) is 6.07. The molecule has 1 unspecified atom stereocenters. The van der Waals surface area contributed by atoms with Crippen LogP contribution in [0.15, 0.2) is 48.7 Å². The largest absolute Gasteiger partial charge is 0.360 e. The van der Waals surface area contributed by atoms with E-state index in [1.165, 1.54) is 12.1 Å². The molecule has 1 aliphatic rings. The molecule has 2 heterocycles. The third kappa shape index (κ3) is 4.72. The lowest BCUT2D eigenvalue weighted by Gasteiger charge is -2.32. The molecule has 3 N–H and O–H groups in total. The van der Waals surface area contributed by atoms with Crippen LogP contribution >= 0.6 is 0 Å². The summed E-state index contributed by atoms with van der Waals surface area (Å²) in [5.41, 5.74) is 2.90. The molecular formula is C23H25N5O4. The maximum absolute atomic E-state index is 13.1. The highest BCUT2D eigenvalue weighted by molar-refractivity contribution is 6.07. The number of nitro groups is 1. The van der Waals surface area contributed by atoms with Gasteiger partial charge in [0.25, 0.3) is 11.6 Å². The Morgan fingerprint density at radius 3 is 2.75 bits per heavy atom. The van der Waals surface area contributed by atoms with Crippen molar-refractivity contribution < 1.29 is 14.5 Å². The van der Waals surface area contributed by atoms with E-state index in [1.807, 2.05) is 31.2 Å². The van der Waals surface area contributed by atoms with Crippen molar-refractivity contribution in [3.05, 3.63) is 69.9 Å². The molecule has 1 aliphatic heterocycles. The van der Waals surface area contributed by atoms with E-state index in [1.54, 1.807) is 17.2 Å². The quantitative estimate of drug-likeness (QED) is 0.413. The summed E-state index contributed by atoms with van der Waals surface area (Å²) in [5, 5.41) is 17.4. The van der Waals surface area contributed by atoms with Crippen molar-refractivity contribution in [2.75, 3.05) is 25.0 Å². The maximum atomic E-state index is 13.1. The fourth-order valence-corrected chi connectivity index (χ4v) is 4.03. The maximum Gasteiger partial charge on any atom is 0.319 e. The fraction of sp³-hybridized carbons (Fsp3) is 0.304. The van der Waals surface area contributed by atoms with E-state index >= 15 is 0 Å². The van der Waals surface area contributed by atoms with Gasteiger partial charge in [-0.3, -0.25) is 14.9 Å². The number of aromatic nitrogens is 1. The highest BCUT2D eigenvalue weighted by Gasteiger charge is 2.27. The number of H-pyrrole nitrogens is 1. The lowest BCUT2D eigenvalue weighted by Crippen LogP contribution is -2.44. The molecule has 3 aromatic rings. The average Bonchev–Trinajstić information content (AvgIpc) is 3.22. The molecule has 0 saturated carbocycles. The normalized spacial score (nSPS) is 16.0. The minimum absolute atomic E-state index is 0.0496. The molecule has 9 heteroatoms. The van der Waals surface area contributed by atoms with Crippen molar-refractivity contribution in [1.29, 1.82) is 0 Å². The van der Waals surface area contributed by atoms with E-state index in [0.717, 1.165) is 24.1 Å². The zero-order chi connectivity index (χ0) is 22.7. The minimum Gasteiger partial charge on any atom is -0.360 e. The van der Waals surface area contributed by atoms with E-state index in [4.69, 9.17) is 0 Å². The first-order valence-electron chi connectivity index (χ1n) is 10.6. The predicted molar refractivity (Wildman–Crippen MR) is 122 cm³/mol. The number of carbonyl (C=O) groups excluding carboxylic acids is 2. The summed E-state index contributed by atoms with van der Waals surface area (Å²) in [6.07, 6.45) is 3.35. The molecule has 0 bridgehead atoms. The third-order valence-corrected chi connectivity index (χ3v) is 5.77. The van der Waals surface area contributed by atoms with Crippen molar-refractivity contribution in [3.63, 3.8) is 0 Å². The number of rotatable bonds is 5. The van der Waals surface area contributed by atoms with Gasteiger partial charge in [0.15, 0.2) is 0 Å². The molecule has 3 amide bonds. The number of likely N-dealkylation sites (tertiary alicyclic amines) is 1. The van der Waals surface area contributed by atoms with Crippen LogP contribution in [0.5, 0.6) is 0 Å². The Hall–Kier alpha value is -3.88. The lowest BCUT2D eigenvalue weighted by molar-refractivity contribution is -0.384. The van der Waals surface area contributed by atoms with E-state index in [2.05, 4.69) is 15.6 Å². The Morgan fingerprint density at radius 1 is 1.22 bits per heavy atom. The standard InChI is InChI=1S/C23H25N5O4/c1-15-4-6-17(7-5-15)26-23(30)25-12-16-3-2-10-27(14-16)22(29)20-13-24-21-9-8-18(28(31)32)11-19(20)21/h4-9,11,13,16,24H,2-3,10,12,14H2,1H3,(H2,25,26,30). The minimum atomic E-state index is -0.467. The molecule has 1 atom stereocenters. The number of aryl methyl sites for hydroxylation is 1. The van der Waals surface area contributed by atoms with Gasteiger partial charge in [-0.2, -0.15) is 0 Å². The number of hydrogen-bond acceptors (Lipinski definition) is 4. The first-order valence-corrected chi connectivity index (χ1v) is 10.6. The lowest BCUT2D eigenvalue weighted by atomic mass is 9.97. The van der Waals surface area contributed by atoms with E-state index in [0.29, 0.717) is 36.1 Å². The Morgan fingerprint density at radius 2 is 2.00 bits per heavy atom. The molecule has 0 aliphatic carbocycles. The van der Waals surface area contributed by atoms with Gasteiger partial charge < -0.3 is 20.5 Å². The van der Waals surface area contributed by atoms with Gasteiger partial charge in [-0.15, -0.1) is 0 Å². The number of nitro benzene ring substituents is 1. The number of benzene rings is 2. The fourth-order valence-electron chi connectivity index (χ4n) is 4.03. The number of non-ortho nitro benzene ring substituents is 1. The summed E-state index contributed by atoms with van der Waals surface area (Å²) in [7, 11) is 0. The van der Waals surface area contributed by atoms with Gasteiger partial charge in [-0.1, -0.05) is 17.7 Å². The summed E-state index contributed by atoms with van der Waals surface area (Å²) in [4.78, 5) is 40.8. The van der Waals surface area contributed by atoms with Crippen molar-refractivity contribution >= 4 is 34.2 Å². The predicted octanol–water partition coefficient (Wildman–Crippen LogP) is 4.06. The SMILES string of the molecule is Cc1ccc(NC(=O)NCC2CCCN(C(=O)c3c[nH]c4ccc([N+](=O)[O-])cc34)C2)cc1. The number of anilines is 1. The molecule has 2 aromatic carbocycles. The molecule has 0 radical (unpaired) electrons. The second-order valence-corrected chi connectivity index (χ2v) is 8.15. The number of carbonyl (C=O) groups is 2. The molecule has 166 valence electrons. The summed E-state index contributed by atoms with van der Waals surface area (Å²) in [6, 6.07) is 11.7. The summed E-state index contributed by atoms with van der Waals surface area (Å²) in [6.45, 7) is 3.58. The van der Waals surface area contributed by atoms with Crippen LogP contribution < -0.4 is 10.6 Å². The topological polar surface area (TPSA) is 120 Å². The van der Waals surface area contributed by atoms with Crippen LogP contribution in [0.1, 0.15) is 28.8 Å². The number of nitrogens with one attached hydrogen (secondary N) is 3. The number of hydrogen-bond donors (Lipinski definition) is 3. The Labute approximate surface area is 184 Å². The van der Waals surface area contributed by atoms with Crippen LogP contribution in [0.2, 0.25) is 0 Å². The monoisotopic (exact) mass is 435 g/mol. The third-order valence-electron chi connectivity index (χ3n) is 5.77. The van der Waals surface area contributed by atoms with Gasteiger partial charge in [0.1, 0.15) is 0 Å². The van der Waals surface area contributed by atoms with Crippen LogP contribution in [-0.2, 0) is 0 Å². The van der Waals surface area contributed by atoms with Crippen molar-refractivity contribution in [2.24, 2.45) is 5.92 Å². The molecule has 1 saturated heterocycles. The Bertz CT molecular complexity index is 1150. The van der Waals surface area contributed by atoms with Gasteiger partial charge >= 0.3 is 6.03 Å². The molecule has 4 rings (SSSR count). The second kappa shape index (κ2) is 9.09. The first-order chi connectivity index (χ1) is 15.4. The number of urea groups is 1.